The van der Waals surface area contributed by atoms with Crippen molar-refractivity contribution >= 4 is 5.97 Å². The average molecular weight is 339 g/mol. The van der Waals surface area contributed by atoms with E-state index in [2.05, 4.69) is 11.4 Å². The fraction of sp³-hybridized carbons (Fsp3) is 0.381. The van der Waals surface area contributed by atoms with Gasteiger partial charge in [-0.25, -0.2) is 0 Å². The van der Waals surface area contributed by atoms with Crippen LogP contribution in [0.1, 0.15) is 38.2 Å². The molecule has 4 heteroatoms. The summed E-state index contributed by atoms with van der Waals surface area (Å²) in [6.45, 7) is 2.51. The maximum atomic E-state index is 11.3. The van der Waals surface area contributed by atoms with Crippen LogP contribution in [0.3, 0.4) is 0 Å². The second kappa shape index (κ2) is 8.67. The third-order valence-corrected chi connectivity index (χ3v) is 4.47. The molecule has 0 radical (unpaired) electrons. The lowest BCUT2D eigenvalue weighted by atomic mass is 9.97. The van der Waals surface area contributed by atoms with Crippen molar-refractivity contribution in [1.82, 2.24) is 5.32 Å². The van der Waals surface area contributed by atoms with Gasteiger partial charge in [-0.2, -0.15) is 0 Å². The molecule has 0 aromatic heterocycles. The minimum atomic E-state index is -0.354. The smallest absolute Gasteiger partial charge is 0.308 e. The van der Waals surface area contributed by atoms with Crippen LogP contribution in [-0.4, -0.2) is 18.6 Å². The number of ether oxygens (including phenoxy) is 2. The zero-order chi connectivity index (χ0) is 17.5. The van der Waals surface area contributed by atoms with Crippen molar-refractivity contribution in [2.75, 3.05) is 6.54 Å². The van der Waals surface area contributed by atoms with Gasteiger partial charge in [-0.05, 0) is 56.0 Å². The molecule has 1 saturated heterocycles. The Morgan fingerprint density at radius 3 is 2.48 bits per heavy atom. The first-order valence-electron chi connectivity index (χ1n) is 8.99. The van der Waals surface area contributed by atoms with Crippen LogP contribution >= 0.6 is 0 Å². The molecule has 0 amide bonds. The predicted octanol–water partition coefficient (Wildman–Crippen LogP) is 4.48. The lowest BCUT2D eigenvalue weighted by molar-refractivity contribution is -0.131. The highest BCUT2D eigenvalue weighted by atomic mass is 16.6. The van der Waals surface area contributed by atoms with Crippen LogP contribution < -0.4 is 14.8 Å². The van der Waals surface area contributed by atoms with E-state index in [-0.39, 0.29) is 5.97 Å². The second-order valence-corrected chi connectivity index (χ2v) is 6.44. The van der Waals surface area contributed by atoms with Gasteiger partial charge in [0.05, 0.1) is 0 Å². The molecule has 25 heavy (non-hydrogen) atoms. The Kier molecular flexibility index (Phi) is 6.07. The number of hydrogen-bond acceptors (Lipinski definition) is 4. The molecule has 1 aliphatic heterocycles. The number of para-hydroxylation sites is 3. The summed E-state index contributed by atoms with van der Waals surface area (Å²) >= 11 is 0. The van der Waals surface area contributed by atoms with Crippen LogP contribution in [0.2, 0.25) is 0 Å². The first-order chi connectivity index (χ1) is 12.2. The van der Waals surface area contributed by atoms with Gasteiger partial charge in [0.15, 0.2) is 11.5 Å². The topological polar surface area (TPSA) is 47.6 Å². The highest BCUT2D eigenvalue weighted by Gasteiger charge is 2.14. The number of carbonyl (C=O) groups is 1. The minimum Gasteiger partial charge on any atom is -0.453 e. The molecule has 1 N–H and O–H groups in total. The number of piperidine rings is 1. The second-order valence-electron chi connectivity index (χ2n) is 6.44. The Morgan fingerprint density at radius 1 is 1.04 bits per heavy atom. The first-order valence-corrected chi connectivity index (χ1v) is 8.99. The van der Waals surface area contributed by atoms with E-state index >= 15 is 0 Å². The van der Waals surface area contributed by atoms with Crippen molar-refractivity contribution in [2.24, 2.45) is 0 Å². The van der Waals surface area contributed by atoms with E-state index in [9.17, 15) is 4.79 Å². The van der Waals surface area contributed by atoms with Crippen LogP contribution in [-0.2, 0) is 11.2 Å². The largest absolute Gasteiger partial charge is 0.453 e. The van der Waals surface area contributed by atoms with E-state index in [4.69, 9.17) is 9.47 Å². The summed E-state index contributed by atoms with van der Waals surface area (Å²) in [6.07, 6.45) is 5.91. The Hall–Kier alpha value is -2.33. The molecule has 0 saturated carbocycles. The maximum absolute atomic E-state index is 11.3. The fourth-order valence-electron chi connectivity index (χ4n) is 3.20. The van der Waals surface area contributed by atoms with Crippen molar-refractivity contribution in [3.8, 4) is 17.2 Å². The summed E-state index contributed by atoms with van der Waals surface area (Å²) in [5.41, 5.74) is 1.17. The Labute approximate surface area is 149 Å². The van der Waals surface area contributed by atoms with Crippen LogP contribution in [0.15, 0.2) is 48.5 Å². The number of hydrogen-bond donors (Lipinski definition) is 1. The van der Waals surface area contributed by atoms with Crippen molar-refractivity contribution < 1.29 is 14.3 Å². The third kappa shape index (κ3) is 5.07. The van der Waals surface area contributed by atoms with Gasteiger partial charge in [-0.1, -0.05) is 36.8 Å². The number of esters is 1. The lowest BCUT2D eigenvalue weighted by Gasteiger charge is -2.23. The molecule has 1 fully saturated rings. The molecule has 2 aromatic rings. The quantitative estimate of drug-likeness (QED) is 0.623. The van der Waals surface area contributed by atoms with Crippen molar-refractivity contribution in [3.63, 3.8) is 0 Å². The van der Waals surface area contributed by atoms with Gasteiger partial charge in [0.2, 0.25) is 0 Å². The summed E-state index contributed by atoms with van der Waals surface area (Å²) in [6, 6.07) is 15.9. The highest BCUT2D eigenvalue weighted by Crippen LogP contribution is 2.33. The fourth-order valence-corrected chi connectivity index (χ4v) is 3.20. The summed E-state index contributed by atoms with van der Waals surface area (Å²) in [7, 11) is 0. The number of nitrogens with one attached hydrogen (secondary N) is 1. The molecular formula is C21H25NO3. The Balaban J connectivity index is 1.71. The Morgan fingerprint density at radius 2 is 1.76 bits per heavy atom. The van der Waals surface area contributed by atoms with Gasteiger partial charge in [0.25, 0.3) is 0 Å². The molecule has 4 nitrogen and oxygen atoms in total. The molecule has 0 spiro atoms. The van der Waals surface area contributed by atoms with E-state index in [1.165, 1.54) is 31.7 Å². The average Bonchev–Trinajstić information content (AvgIpc) is 2.63. The van der Waals surface area contributed by atoms with Gasteiger partial charge >= 0.3 is 5.97 Å². The summed E-state index contributed by atoms with van der Waals surface area (Å²) in [5, 5.41) is 3.59. The Bertz CT molecular complexity index is 708. The number of carbonyl (C=O) groups excluding carboxylic acids is 1. The van der Waals surface area contributed by atoms with Crippen LogP contribution in [0.5, 0.6) is 17.2 Å². The number of benzene rings is 2. The molecule has 2 aromatic carbocycles. The number of aryl methyl sites for hydroxylation is 1. The van der Waals surface area contributed by atoms with E-state index in [0.29, 0.717) is 17.5 Å². The van der Waals surface area contributed by atoms with Gasteiger partial charge in [0.1, 0.15) is 5.75 Å². The molecule has 1 unspecified atom stereocenters. The zero-order valence-corrected chi connectivity index (χ0v) is 14.7. The highest BCUT2D eigenvalue weighted by molar-refractivity contribution is 5.70. The van der Waals surface area contributed by atoms with Gasteiger partial charge < -0.3 is 14.8 Å². The maximum Gasteiger partial charge on any atom is 0.308 e. The van der Waals surface area contributed by atoms with Crippen LogP contribution in [0.4, 0.5) is 0 Å². The van der Waals surface area contributed by atoms with E-state index in [1.54, 1.807) is 6.07 Å². The molecule has 1 heterocycles. The van der Waals surface area contributed by atoms with Crippen LogP contribution in [0.25, 0.3) is 0 Å². The molecule has 1 aliphatic rings. The van der Waals surface area contributed by atoms with Crippen LogP contribution in [0, 0.1) is 0 Å². The summed E-state index contributed by atoms with van der Waals surface area (Å²) < 4.78 is 11.3. The van der Waals surface area contributed by atoms with E-state index < -0.39 is 0 Å². The van der Waals surface area contributed by atoms with E-state index in [1.807, 2.05) is 36.4 Å². The molecule has 3 rings (SSSR count). The molecule has 0 aliphatic carbocycles. The molecular weight excluding hydrogens is 314 g/mol. The first kappa shape index (κ1) is 17.5. The SMILES string of the molecule is CC(=O)Oc1ccccc1Oc1ccccc1CCC1CCCCN1. The van der Waals surface area contributed by atoms with Gasteiger partial charge in [-0.3, -0.25) is 4.79 Å². The van der Waals surface area contributed by atoms with Gasteiger partial charge in [0, 0.05) is 13.0 Å². The summed E-state index contributed by atoms with van der Waals surface area (Å²) in [5.74, 6) is 1.46. The predicted molar refractivity (Wildman–Crippen MR) is 98.2 cm³/mol. The van der Waals surface area contributed by atoms with Crippen molar-refractivity contribution in [1.29, 1.82) is 0 Å². The van der Waals surface area contributed by atoms with Crippen molar-refractivity contribution in [3.05, 3.63) is 54.1 Å². The van der Waals surface area contributed by atoms with Crippen molar-refractivity contribution in [2.45, 2.75) is 45.1 Å². The number of rotatable bonds is 6. The minimum absolute atomic E-state index is 0.354. The monoisotopic (exact) mass is 339 g/mol. The summed E-state index contributed by atoms with van der Waals surface area (Å²) in [4.78, 5) is 11.3. The molecule has 1 atom stereocenters. The van der Waals surface area contributed by atoms with Gasteiger partial charge in [-0.15, -0.1) is 0 Å². The zero-order valence-electron chi connectivity index (χ0n) is 14.7. The molecule has 0 bridgehead atoms. The standard InChI is InChI=1S/C21H25NO3/c1-16(23)24-20-11-4-5-12-21(20)25-19-10-3-2-8-17(19)13-14-18-9-6-7-15-22-18/h2-5,8,10-12,18,22H,6-7,9,13-15H2,1H3. The normalized spacial score (nSPS) is 17.1. The van der Waals surface area contributed by atoms with E-state index in [0.717, 1.165) is 25.1 Å². The molecule has 132 valence electrons. The lowest BCUT2D eigenvalue weighted by Crippen LogP contribution is -2.34. The third-order valence-electron chi connectivity index (χ3n) is 4.47.